The van der Waals surface area contributed by atoms with Gasteiger partial charge in [-0.05, 0) is 53.8 Å². The minimum Gasteiger partial charge on any atom is -0.399 e. The molecule has 0 radical (unpaired) electrons. The first-order valence-corrected chi connectivity index (χ1v) is 11.2. The van der Waals surface area contributed by atoms with E-state index in [0.29, 0.717) is 17.9 Å². The number of anilines is 3. The van der Waals surface area contributed by atoms with Crippen molar-refractivity contribution in [2.75, 3.05) is 23.5 Å². The monoisotopic (exact) mass is 436 g/mol. The predicted octanol–water partition coefficient (Wildman–Crippen LogP) is 4.64. The number of amidine groups is 1. The van der Waals surface area contributed by atoms with Crippen molar-refractivity contribution in [2.45, 2.75) is 25.9 Å². The van der Waals surface area contributed by atoms with E-state index >= 15 is 0 Å². The van der Waals surface area contributed by atoms with E-state index < -0.39 is 0 Å². The van der Waals surface area contributed by atoms with Gasteiger partial charge in [0.2, 0.25) is 0 Å². The average Bonchev–Trinajstić information content (AvgIpc) is 3.15. The highest BCUT2D eigenvalue weighted by atomic mass is 15.7. The number of hydrazine groups is 1. The second-order valence-electron chi connectivity index (χ2n) is 8.39. The van der Waals surface area contributed by atoms with Crippen LogP contribution in [0.2, 0.25) is 0 Å². The fourth-order valence-corrected chi connectivity index (χ4v) is 4.39. The Kier molecular flexibility index (Phi) is 5.44. The van der Waals surface area contributed by atoms with Crippen molar-refractivity contribution in [1.29, 1.82) is 0 Å². The smallest absolute Gasteiger partial charge is 0.152 e. The fourth-order valence-electron chi connectivity index (χ4n) is 4.39. The van der Waals surface area contributed by atoms with Crippen molar-refractivity contribution in [3.63, 3.8) is 0 Å². The Hall–Kier alpha value is -3.90. The molecule has 2 heterocycles. The molecule has 6 heteroatoms. The number of likely N-dealkylation sites (N-methyl/N-ethyl adjacent to an activating group) is 1. The van der Waals surface area contributed by atoms with Crippen LogP contribution in [0.4, 0.5) is 17.2 Å². The number of aromatic nitrogens is 1. The maximum absolute atomic E-state index is 6.27. The maximum Gasteiger partial charge on any atom is 0.152 e. The Morgan fingerprint density at radius 3 is 2.52 bits per heavy atom. The van der Waals surface area contributed by atoms with Crippen LogP contribution >= 0.6 is 0 Å². The Morgan fingerprint density at radius 1 is 0.909 bits per heavy atom. The standard InChI is InChI=1S/C27H28N6/c1-3-18-8-7-11-23(14-18)33-27(19-9-5-4-6-10-19)31-25(32(33)2)17-22-16-20-15-21(28)12-13-24(20)26(29)30-22/h4-16,25H,3,17,28H2,1-2H3,(H2,29,30). The van der Waals surface area contributed by atoms with Crippen molar-refractivity contribution < 1.29 is 0 Å². The molecule has 0 aliphatic carbocycles. The van der Waals surface area contributed by atoms with E-state index in [-0.39, 0.29) is 6.17 Å². The number of hydrogen-bond acceptors (Lipinski definition) is 6. The van der Waals surface area contributed by atoms with Gasteiger partial charge in [0.25, 0.3) is 0 Å². The number of aliphatic imine (C=N–C) groups is 1. The van der Waals surface area contributed by atoms with Gasteiger partial charge in [-0.2, -0.15) is 5.01 Å². The third-order valence-corrected chi connectivity index (χ3v) is 6.14. The highest BCUT2D eigenvalue weighted by Gasteiger charge is 2.33. The van der Waals surface area contributed by atoms with Gasteiger partial charge in [0.1, 0.15) is 12.0 Å². The molecule has 33 heavy (non-hydrogen) atoms. The van der Waals surface area contributed by atoms with Crippen molar-refractivity contribution in [2.24, 2.45) is 4.99 Å². The molecule has 0 bridgehead atoms. The minimum absolute atomic E-state index is 0.115. The zero-order chi connectivity index (χ0) is 22.9. The average molecular weight is 437 g/mol. The highest BCUT2D eigenvalue weighted by molar-refractivity contribution is 6.10. The van der Waals surface area contributed by atoms with Gasteiger partial charge < -0.3 is 11.5 Å². The van der Waals surface area contributed by atoms with Crippen LogP contribution < -0.4 is 16.5 Å². The first-order valence-electron chi connectivity index (χ1n) is 11.2. The molecule has 1 aromatic heterocycles. The van der Waals surface area contributed by atoms with E-state index in [2.05, 4.69) is 71.4 Å². The normalized spacial score (nSPS) is 16.4. The summed E-state index contributed by atoms with van der Waals surface area (Å²) in [5.74, 6) is 1.44. The van der Waals surface area contributed by atoms with Crippen LogP contribution in [0.25, 0.3) is 10.8 Å². The van der Waals surface area contributed by atoms with E-state index in [1.165, 1.54) is 5.56 Å². The van der Waals surface area contributed by atoms with Gasteiger partial charge in [0, 0.05) is 35.8 Å². The molecule has 1 aliphatic rings. The summed E-state index contributed by atoms with van der Waals surface area (Å²) in [5, 5.41) is 6.29. The number of hydrogen-bond donors (Lipinski definition) is 2. The lowest BCUT2D eigenvalue weighted by atomic mass is 10.1. The zero-order valence-corrected chi connectivity index (χ0v) is 18.9. The first-order chi connectivity index (χ1) is 16.0. The Bertz CT molecular complexity index is 1330. The molecule has 0 amide bonds. The van der Waals surface area contributed by atoms with Gasteiger partial charge >= 0.3 is 0 Å². The largest absolute Gasteiger partial charge is 0.399 e. The molecule has 6 nitrogen and oxygen atoms in total. The number of nitrogen functional groups attached to an aromatic ring is 2. The van der Waals surface area contributed by atoms with Crippen LogP contribution in [-0.4, -0.2) is 29.0 Å². The molecule has 0 saturated carbocycles. The second-order valence-corrected chi connectivity index (χ2v) is 8.39. The van der Waals surface area contributed by atoms with Crippen LogP contribution in [0.1, 0.15) is 23.7 Å². The SMILES string of the molecule is CCc1cccc(N2C(c3ccccc3)=NC(Cc3cc4cc(N)ccc4c(N)n3)N2C)c1. The summed E-state index contributed by atoms with van der Waals surface area (Å²) >= 11 is 0. The summed E-state index contributed by atoms with van der Waals surface area (Å²) < 4.78 is 0. The van der Waals surface area contributed by atoms with Crippen LogP contribution in [0, 0.1) is 0 Å². The van der Waals surface area contributed by atoms with Crippen LogP contribution in [0.3, 0.4) is 0 Å². The summed E-state index contributed by atoms with van der Waals surface area (Å²) in [7, 11) is 2.07. The topological polar surface area (TPSA) is 83.8 Å². The van der Waals surface area contributed by atoms with E-state index in [0.717, 1.165) is 40.0 Å². The molecule has 3 aromatic carbocycles. The molecule has 5 rings (SSSR count). The van der Waals surface area contributed by atoms with Gasteiger partial charge in [0.05, 0.1) is 5.69 Å². The molecule has 0 fully saturated rings. The predicted molar refractivity (Wildman–Crippen MR) is 137 cm³/mol. The number of pyridine rings is 1. The van der Waals surface area contributed by atoms with Gasteiger partial charge in [-0.25, -0.2) is 9.98 Å². The third kappa shape index (κ3) is 4.01. The first kappa shape index (κ1) is 21.0. The molecule has 1 unspecified atom stereocenters. The van der Waals surface area contributed by atoms with Crippen molar-refractivity contribution in [3.8, 4) is 0 Å². The summed E-state index contributed by atoms with van der Waals surface area (Å²) in [6.45, 7) is 2.17. The van der Waals surface area contributed by atoms with Gasteiger partial charge in [-0.1, -0.05) is 49.4 Å². The molecular formula is C27H28N6. The van der Waals surface area contributed by atoms with E-state index in [1.807, 2.05) is 36.4 Å². The summed E-state index contributed by atoms with van der Waals surface area (Å²) in [4.78, 5) is 9.81. The quantitative estimate of drug-likeness (QED) is 0.445. The van der Waals surface area contributed by atoms with Gasteiger partial charge in [0.15, 0.2) is 5.84 Å². The van der Waals surface area contributed by atoms with Crippen LogP contribution in [0.5, 0.6) is 0 Å². The van der Waals surface area contributed by atoms with Crippen LogP contribution in [0.15, 0.2) is 83.9 Å². The molecule has 1 aliphatic heterocycles. The Morgan fingerprint density at radius 2 is 1.73 bits per heavy atom. The zero-order valence-electron chi connectivity index (χ0n) is 18.9. The number of rotatable bonds is 5. The fraction of sp³-hybridized carbons (Fsp3) is 0.185. The molecule has 4 aromatic rings. The summed E-state index contributed by atoms with van der Waals surface area (Å²) in [5.41, 5.74) is 17.3. The molecule has 0 spiro atoms. The van der Waals surface area contributed by atoms with E-state index in [1.54, 1.807) is 0 Å². The lowest BCUT2D eigenvalue weighted by Gasteiger charge is -2.31. The third-order valence-electron chi connectivity index (χ3n) is 6.14. The number of nitrogens with zero attached hydrogens (tertiary/aromatic N) is 4. The van der Waals surface area contributed by atoms with E-state index in [9.17, 15) is 0 Å². The number of aryl methyl sites for hydroxylation is 1. The summed E-state index contributed by atoms with van der Waals surface area (Å²) in [6, 6.07) is 26.7. The molecular weight excluding hydrogens is 408 g/mol. The number of nitrogens with two attached hydrogens (primary N) is 2. The van der Waals surface area contributed by atoms with Crippen LogP contribution in [-0.2, 0) is 12.8 Å². The maximum atomic E-state index is 6.27. The van der Waals surface area contributed by atoms with E-state index in [4.69, 9.17) is 16.5 Å². The van der Waals surface area contributed by atoms with Gasteiger partial charge in [-0.15, -0.1) is 0 Å². The van der Waals surface area contributed by atoms with Crippen molar-refractivity contribution in [3.05, 3.63) is 95.7 Å². The summed E-state index contributed by atoms with van der Waals surface area (Å²) in [6.07, 6.45) is 1.50. The highest BCUT2D eigenvalue weighted by Crippen LogP contribution is 2.30. The molecule has 0 saturated heterocycles. The number of benzene rings is 3. The Labute approximate surface area is 194 Å². The molecule has 166 valence electrons. The minimum atomic E-state index is -0.115. The van der Waals surface area contributed by atoms with Crippen molar-refractivity contribution in [1.82, 2.24) is 9.99 Å². The van der Waals surface area contributed by atoms with Gasteiger partial charge in [-0.3, -0.25) is 5.01 Å². The molecule has 4 N–H and O–H groups in total. The lowest BCUT2D eigenvalue weighted by molar-refractivity contribution is 0.280. The number of fused-ring (bicyclic) bond motifs is 1. The van der Waals surface area contributed by atoms with Crippen molar-refractivity contribution >= 4 is 33.8 Å². The molecule has 1 atom stereocenters. The Balaban J connectivity index is 1.54. The second kappa shape index (κ2) is 8.56. The lowest BCUT2D eigenvalue weighted by Crippen LogP contribution is -2.43.